The van der Waals surface area contributed by atoms with Gasteiger partial charge in [0.15, 0.2) is 0 Å². The molecular formula is C13H15N3. The number of nitrogens with one attached hydrogen (secondary N) is 1. The molecule has 0 saturated carbocycles. The van der Waals surface area contributed by atoms with Crippen LogP contribution in [0.5, 0.6) is 0 Å². The second-order valence-electron chi connectivity index (χ2n) is 3.67. The summed E-state index contributed by atoms with van der Waals surface area (Å²) in [4.78, 5) is 4.09. The Bertz CT molecular complexity index is 519. The van der Waals surface area contributed by atoms with Gasteiger partial charge in [0.2, 0.25) is 0 Å². The van der Waals surface area contributed by atoms with Crippen molar-refractivity contribution in [3.63, 3.8) is 0 Å². The van der Waals surface area contributed by atoms with Crippen LogP contribution in [0.3, 0.4) is 0 Å². The summed E-state index contributed by atoms with van der Waals surface area (Å²) in [7, 11) is 3.81. The number of rotatable bonds is 3. The van der Waals surface area contributed by atoms with Crippen molar-refractivity contribution in [3.8, 4) is 0 Å². The molecule has 0 aliphatic rings. The molecule has 0 aliphatic heterocycles. The summed E-state index contributed by atoms with van der Waals surface area (Å²) >= 11 is 0. The topological polar surface area (TPSA) is 28.2 Å². The summed E-state index contributed by atoms with van der Waals surface area (Å²) in [6.45, 7) is 4.05. The fraction of sp³-hybridized carbons (Fsp3) is 0.154. The van der Waals surface area contributed by atoms with Gasteiger partial charge in [-0.3, -0.25) is 4.98 Å². The number of benzene rings is 1. The third kappa shape index (κ3) is 1.90. The standard InChI is InChI=1S/C13H15N3/c1-10(16(3)14-2)11-4-5-13-9-15-7-6-12(13)8-11/h4-9,14H,1H2,2-3H3. The van der Waals surface area contributed by atoms with Gasteiger partial charge in [-0.2, -0.15) is 0 Å². The average molecular weight is 213 g/mol. The Hall–Kier alpha value is -1.87. The SMILES string of the molecule is C=C(c1ccc2cnccc2c1)N(C)NC. The van der Waals surface area contributed by atoms with Crippen LogP contribution >= 0.6 is 0 Å². The molecule has 0 radical (unpaired) electrons. The minimum absolute atomic E-state index is 0.946. The highest BCUT2D eigenvalue weighted by molar-refractivity contribution is 5.84. The highest BCUT2D eigenvalue weighted by Gasteiger charge is 2.03. The summed E-state index contributed by atoms with van der Waals surface area (Å²) in [6.07, 6.45) is 3.67. The largest absolute Gasteiger partial charge is 0.312 e. The second-order valence-corrected chi connectivity index (χ2v) is 3.67. The molecule has 0 unspecified atom stereocenters. The number of aromatic nitrogens is 1. The molecule has 0 atom stereocenters. The van der Waals surface area contributed by atoms with Crippen molar-refractivity contribution in [1.29, 1.82) is 0 Å². The Labute approximate surface area is 95.4 Å². The molecular weight excluding hydrogens is 198 g/mol. The van der Waals surface area contributed by atoms with Gasteiger partial charge in [-0.05, 0) is 23.1 Å². The molecule has 3 nitrogen and oxygen atoms in total. The highest BCUT2D eigenvalue weighted by atomic mass is 15.5. The lowest BCUT2D eigenvalue weighted by Gasteiger charge is -2.20. The maximum Gasteiger partial charge on any atom is 0.0517 e. The van der Waals surface area contributed by atoms with E-state index in [-0.39, 0.29) is 0 Å². The highest BCUT2D eigenvalue weighted by Crippen LogP contribution is 2.20. The van der Waals surface area contributed by atoms with Crippen LogP contribution in [0, 0.1) is 0 Å². The fourth-order valence-corrected chi connectivity index (χ4v) is 1.59. The Morgan fingerprint density at radius 1 is 1.31 bits per heavy atom. The van der Waals surface area contributed by atoms with E-state index in [4.69, 9.17) is 0 Å². The molecule has 3 heteroatoms. The van der Waals surface area contributed by atoms with Gasteiger partial charge in [0.05, 0.1) is 5.70 Å². The summed E-state index contributed by atoms with van der Waals surface area (Å²) < 4.78 is 0. The van der Waals surface area contributed by atoms with E-state index in [1.165, 1.54) is 5.39 Å². The lowest BCUT2D eigenvalue weighted by atomic mass is 10.1. The van der Waals surface area contributed by atoms with Crippen LogP contribution in [-0.2, 0) is 0 Å². The van der Waals surface area contributed by atoms with Crippen LogP contribution < -0.4 is 5.43 Å². The molecule has 1 aromatic carbocycles. The van der Waals surface area contributed by atoms with E-state index >= 15 is 0 Å². The zero-order valence-electron chi connectivity index (χ0n) is 9.57. The van der Waals surface area contributed by atoms with Gasteiger partial charge < -0.3 is 5.01 Å². The number of fused-ring (bicyclic) bond motifs is 1. The Morgan fingerprint density at radius 3 is 2.88 bits per heavy atom. The predicted molar refractivity (Wildman–Crippen MR) is 67.6 cm³/mol. The predicted octanol–water partition coefficient (Wildman–Crippen LogP) is 2.27. The zero-order valence-corrected chi connectivity index (χ0v) is 9.57. The molecule has 82 valence electrons. The molecule has 1 heterocycles. The Morgan fingerprint density at radius 2 is 2.12 bits per heavy atom. The van der Waals surface area contributed by atoms with Crippen molar-refractivity contribution < 1.29 is 0 Å². The van der Waals surface area contributed by atoms with Crippen molar-refractivity contribution in [3.05, 3.63) is 48.8 Å². The first-order chi connectivity index (χ1) is 7.72. The lowest BCUT2D eigenvalue weighted by molar-refractivity contribution is 0.388. The van der Waals surface area contributed by atoms with Crippen LogP contribution in [0.25, 0.3) is 16.5 Å². The molecule has 2 aromatic rings. The molecule has 2 rings (SSSR count). The summed E-state index contributed by atoms with van der Waals surface area (Å²) in [5, 5.41) is 4.21. The number of hydrogen-bond donors (Lipinski definition) is 1. The van der Waals surface area contributed by atoms with Crippen molar-refractivity contribution in [2.75, 3.05) is 14.1 Å². The first-order valence-electron chi connectivity index (χ1n) is 5.16. The average Bonchev–Trinajstić information content (AvgIpc) is 2.36. The molecule has 16 heavy (non-hydrogen) atoms. The van der Waals surface area contributed by atoms with Crippen molar-refractivity contribution in [2.24, 2.45) is 0 Å². The fourth-order valence-electron chi connectivity index (χ4n) is 1.59. The minimum Gasteiger partial charge on any atom is -0.312 e. The van der Waals surface area contributed by atoms with Crippen LogP contribution in [0.1, 0.15) is 5.56 Å². The van der Waals surface area contributed by atoms with Gasteiger partial charge in [0.1, 0.15) is 0 Å². The van der Waals surface area contributed by atoms with Gasteiger partial charge >= 0.3 is 0 Å². The number of hydrazine groups is 1. The van der Waals surface area contributed by atoms with E-state index in [1.807, 2.05) is 31.4 Å². The van der Waals surface area contributed by atoms with E-state index < -0.39 is 0 Å². The van der Waals surface area contributed by atoms with E-state index in [0.717, 1.165) is 16.6 Å². The number of hydrogen-bond acceptors (Lipinski definition) is 3. The Kier molecular flexibility index (Phi) is 2.88. The van der Waals surface area contributed by atoms with Crippen molar-refractivity contribution in [1.82, 2.24) is 15.4 Å². The first-order valence-corrected chi connectivity index (χ1v) is 5.16. The maximum absolute atomic E-state index is 4.09. The molecule has 0 amide bonds. The third-order valence-electron chi connectivity index (χ3n) is 2.71. The third-order valence-corrected chi connectivity index (χ3v) is 2.71. The van der Waals surface area contributed by atoms with Crippen LogP contribution in [-0.4, -0.2) is 24.1 Å². The molecule has 0 saturated heterocycles. The van der Waals surface area contributed by atoms with Gasteiger partial charge in [-0.25, -0.2) is 5.43 Å². The summed E-state index contributed by atoms with van der Waals surface area (Å²) in [6, 6.07) is 8.24. The van der Waals surface area contributed by atoms with Gasteiger partial charge in [0.25, 0.3) is 0 Å². The maximum atomic E-state index is 4.09. The zero-order chi connectivity index (χ0) is 11.5. The van der Waals surface area contributed by atoms with Gasteiger partial charge in [0, 0.05) is 31.9 Å². The number of pyridine rings is 1. The van der Waals surface area contributed by atoms with E-state index in [1.54, 1.807) is 6.20 Å². The number of nitrogens with zero attached hydrogens (tertiary/aromatic N) is 2. The smallest absolute Gasteiger partial charge is 0.0517 e. The van der Waals surface area contributed by atoms with Crippen LogP contribution in [0.4, 0.5) is 0 Å². The summed E-state index contributed by atoms with van der Waals surface area (Å²) in [5.41, 5.74) is 5.09. The monoisotopic (exact) mass is 213 g/mol. The molecule has 0 spiro atoms. The first kappa shape index (κ1) is 10.6. The summed E-state index contributed by atoms with van der Waals surface area (Å²) in [5.74, 6) is 0. The van der Waals surface area contributed by atoms with E-state index in [0.29, 0.717) is 0 Å². The Balaban J connectivity index is 2.43. The molecule has 0 fully saturated rings. The van der Waals surface area contributed by atoms with Crippen molar-refractivity contribution in [2.45, 2.75) is 0 Å². The lowest BCUT2D eigenvalue weighted by Crippen LogP contribution is -2.28. The molecule has 1 aromatic heterocycles. The van der Waals surface area contributed by atoms with Crippen molar-refractivity contribution >= 4 is 16.5 Å². The van der Waals surface area contributed by atoms with Crippen LogP contribution in [0.2, 0.25) is 0 Å². The molecule has 0 bridgehead atoms. The van der Waals surface area contributed by atoms with E-state index in [2.05, 4.69) is 35.2 Å². The van der Waals surface area contributed by atoms with Gasteiger partial charge in [-0.15, -0.1) is 0 Å². The minimum atomic E-state index is 0.946. The molecule has 0 aliphatic carbocycles. The van der Waals surface area contributed by atoms with Crippen LogP contribution in [0.15, 0.2) is 43.2 Å². The normalized spacial score (nSPS) is 10.4. The van der Waals surface area contributed by atoms with E-state index in [9.17, 15) is 0 Å². The van der Waals surface area contributed by atoms with Gasteiger partial charge in [-0.1, -0.05) is 18.7 Å². The quantitative estimate of drug-likeness (QED) is 0.793. The molecule has 1 N–H and O–H groups in total. The second kappa shape index (κ2) is 4.33.